The van der Waals surface area contributed by atoms with Crippen LogP contribution in [0.2, 0.25) is 0 Å². The van der Waals surface area contributed by atoms with Crippen LogP contribution >= 0.6 is 0 Å². The number of nitrogens with zero attached hydrogens (tertiary/aromatic N) is 4. The number of amides is 1. The van der Waals surface area contributed by atoms with Crippen molar-refractivity contribution in [3.05, 3.63) is 66.5 Å². The van der Waals surface area contributed by atoms with Crippen LogP contribution in [-0.4, -0.2) is 47.5 Å². The van der Waals surface area contributed by atoms with Gasteiger partial charge in [0.1, 0.15) is 18.4 Å². The molecule has 0 saturated heterocycles. The standard InChI is InChI=1S/C29H29N5O5S/c1-19(2)39-29(35)33-21-9-7-20(8-10-21)27-25(18-30)24-12-11-23(17-26(24)34(27)22-5-3-6-22)38-15-16-40(36,37)28-31-13-4-14-32-28/h4,7-14,17,19,22H,3,5-6,15-16H2,1-2H3,(H,33,35). The molecule has 1 aliphatic carbocycles. The Labute approximate surface area is 232 Å². The van der Waals surface area contributed by atoms with Crippen molar-refractivity contribution in [2.24, 2.45) is 0 Å². The highest BCUT2D eigenvalue weighted by atomic mass is 32.2. The molecule has 1 saturated carbocycles. The van der Waals surface area contributed by atoms with Gasteiger partial charge in [-0.25, -0.2) is 23.2 Å². The van der Waals surface area contributed by atoms with E-state index in [0.717, 1.165) is 41.4 Å². The number of sulfone groups is 1. The summed E-state index contributed by atoms with van der Waals surface area (Å²) in [5.41, 5.74) is 3.65. The molecule has 0 spiro atoms. The van der Waals surface area contributed by atoms with Crippen LogP contribution in [0.5, 0.6) is 5.75 Å². The third kappa shape index (κ3) is 5.62. The van der Waals surface area contributed by atoms with Crippen LogP contribution < -0.4 is 10.1 Å². The van der Waals surface area contributed by atoms with E-state index in [1.165, 1.54) is 12.4 Å². The number of benzene rings is 2. The number of rotatable bonds is 9. The average Bonchev–Trinajstić information content (AvgIpc) is 3.21. The van der Waals surface area contributed by atoms with Gasteiger partial charge in [0.2, 0.25) is 15.0 Å². The van der Waals surface area contributed by atoms with E-state index in [1.54, 1.807) is 38.1 Å². The fraction of sp³-hybridized carbons (Fsp3) is 0.310. The molecule has 2 aromatic heterocycles. The molecular formula is C29H29N5O5S. The topological polar surface area (TPSA) is 136 Å². The smallest absolute Gasteiger partial charge is 0.411 e. The first kappa shape index (κ1) is 27.1. The Morgan fingerprint density at radius 2 is 1.88 bits per heavy atom. The molecule has 1 N–H and O–H groups in total. The maximum atomic E-state index is 12.5. The molecule has 0 aliphatic heterocycles. The molecular weight excluding hydrogens is 530 g/mol. The number of aromatic nitrogens is 3. The first-order valence-electron chi connectivity index (χ1n) is 13.1. The lowest BCUT2D eigenvalue weighted by Gasteiger charge is -2.30. The second kappa shape index (κ2) is 11.4. The molecule has 5 rings (SSSR count). The van der Waals surface area contributed by atoms with Crippen LogP contribution in [0.25, 0.3) is 22.2 Å². The summed E-state index contributed by atoms with van der Waals surface area (Å²) in [5, 5.41) is 13.5. The van der Waals surface area contributed by atoms with Crippen molar-refractivity contribution in [2.45, 2.75) is 50.4 Å². The summed E-state index contributed by atoms with van der Waals surface area (Å²) in [6.45, 7) is 3.49. The Balaban J connectivity index is 1.44. The van der Waals surface area contributed by atoms with Gasteiger partial charge in [0.15, 0.2) is 0 Å². The van der Waals surface area contributed by atoms with Gasteiger partial charge in [-0.15, -0.1) is 0 Å². The lowest BCUT2D eigenvalue weighted by atomic mass is 9.92. The number of carbonyl (C=O) groups is 1. The molecule has 2 aromatic carbocycles. The van der Waals surface area contributed by atoms with Crippen LogP contribution in [0.1, 0.15) is 44.7 Å². The number of hydrogen-bond donors (Lipinski definition) is 1. The van der Waals surface area contributed by atoms with E-state index in [2.05, 4.69) is 25.9 Å². The van der Waals surface area contributed by atoms with Gasteiger partial charge in [0, 0.05) is 35.6 Å². The molecule has 0 atom stereocenters. The average molecular weight is 560 g/mol. The van der Waals surface area contributed by atoms with E-state index < -0.39 is 15.9 Å². The van der Waals surface area contributed by atoms with Gasteiger partial charge in [-0.3, -0.25) is 5.32 Å². The maximum Gasteiger partial charge on any atom is 0.411 e. The SMILES string of the molecule is CC(C)OC(=O)Nc1ccc(-c2c(C#N)c3ccc(OCCS(=O)(=O)c4ncccn4)cc3n2C2CCC2)cc1. The molecule has 4 aromatic rings. The Kier molecular flexibility index (Phi) is 7.71. The van der Waals surface area contributed by atoms with Crippen LogP contribution in [0, 0.1) is 11.3 Å². The number of fused-ring (bicyclic) bond motifs is 1. The largest absolute Gasteiger partial charge is 0.492 e. The van der Waals surface area contributed by atoms with Gasteiger partial charge >= 0.3 is 6.09 Å². The Morgan fingerprint density at radius 3 is 2.50 bits per heavy atom. The molecule has 0 unspecified atom stereocenters. The van der Waals surface area contributed by atoms with Gasteiger partial charge in [-0.1, -0.05) is 12.1 Å². The Morgan fingerprint density at radius 1 is 1.15 bits per heavy atom. The van der Waals surface area contributed by atoms with Gasteiger partial charge < -0.3 is 14.0 Å². The molecule has 1 amide bonds. The number of ether oxygens (including phenoxy) is 2. The third-order valence-corrected chi connectivity index (χ3v) is 8.19. The lowest BCUT2D eigenvalue weighted by molar-refractivity contribution is 0.130. The minimum Gasteiger partial charge on any atom is -0.492 e. The molecule has 11 heteroatoms. The van der Waals surface area contributed by atoms with E-state index in [4.69, 9.17) is 9.47 Å². The molecule has 10 nitrogen and oxygen atoms in total. The van der Waals surface area contributed by atoms with Crippen LogP contribution in [-0.2, 0) is 14.6 Å². The van der Waals surface area contributed by atoms with Crippen LogP contribution in [0.15, 0.2) is 66.1 Å². The minimum atomic E-state index is -3.68. The zero-order chi connectivity index (χ0) is 28.3. The fourth-order valence-corrected chi connectivity index (χ4v) is 5.61. The first-order chi connectivity index (χ1) is 19.3. The zero-order valence-corrected chi connectivity index (χ0v) is 23.0. The van der Waals surface area contributed by atoms with Crippen molar-refractivity contribution in [1.82, 2.24) is 14.5 Å². The van der Waals surface area contributed by atoms with E-state index >= 15 is 0 Å². The zero-order valence-electron chi connectivity index (χ0n) is 22.2. The highest BCUT2D eigenvalue weighted by Gasteiger charge is 2.28. The lowest BCUT2D eigenvalue weighted by Crippen LogP contribution is -2.18. The maximum absolute atomic E-state index is 12.5. The first-order valence-corrected chi connectivity index (χ1v) is 14.7. The quantitative estimate of drug-likeness (QED) is 0.265. The molecule has 206 valence electrons. The summed E-state index contributed by atoms with van der Waals surface area (Å²) >= 11 is 0. The predicted octanol–water partition coefficient (Wildman–Crippen LogP) is 5.50. The second-order valence-corrected chi connectivity index (χ2v) is 11.8. The fourth-order valence-electron chi connectivity index (χ4n) is 4.68. The number of anilines is 1. The van der Waals surface area contributed by atoms with Crippen molar-refractivity contribution in [1.29, 1.82) is 5.26 Å². The molecule has 0 bridgehead atoms. The van der Waals surface area contributed by atoms with E-state index in [0.29, 0.717) is 17.0 Å². The monoisotopic (exact) mass is 559 g/mol. The van der Waals surface area contributed by atoms with E-state index in [1.807, 2.05) is 24.3 Å². The number of hydrogen-bond acceptors (Lipinski definition) is 8. The number of nitriles is 1. The molecule has 2 heterocycles. The number of carbonyl (C=O) groups excluding carboxylic acids is 1. The molecule has 1 aliphatic rings. The molecule has 40 heavy (non-hydrogen) atoms. The van der Waals surface area contributed by atoms with Gasteiger partial charge in [0.25, 0.3) is 0 Å². The predicted molar refractivity (Wildman–Crippen MR) is 150 cm³/mol. The summed E-state index contributed by atoms with van der Waals surface area (Å²) in [6, 6.07) is 16.9. The highest BCUT2D eigenvalue weighted by molar-refractivity contribution is 7.91. The van der Waals surface area contributed by atoms with Gasteiger partial charge in [0.05, 0.1) is 28.6 Å². The summed E-state index contributed by atoms with van der Waals surface area (Å²) in [7, 11) is -3.68. The molecule has 1 fully saturated rings. The summed E-state index contributed by atoms with van der Waals surface area (Å²) in [6.07, 6.45) is 5.09. The van der Waals surface area contributed by atoms with Gasteiger partial charge in [-0.05, 0) is 69.0 Å². The van der Waals surface area contributed by atoms with E-state index in [-0.39, 0.29) is 29.7 Å². The van der Waals surface area contributed by atoms with Crippen molar-refractivity contribution < 1.29 is 22.7 Å². The van der Waals surface area contributed by atoms with E-state index in [9.17, 15) is 18.5 Å². The van der Waals surface area contributed by atoms with Crippen molar-refractivity contribution >= 4 is 32.5 Å². The number of nitrogens with one attached hydrogen (secondary N) is 1. The summed E-state index contributed by atoms with van der Waals surface area (Å²) < 4.78 is 38.2. The van der Waals surface area contributed by atoms with Crippen LogP contribution in [0.3, 0.4) is 0 Å². The molecule has 0 radical (unpaired) electrons. The summed E-state index contributed by atoms with van der Waals surface area (Å²) in [5.74, 6) is 0.243. The minimum absolute atomic E-state index is 0.0676. The van der Waals surface area contributed by atoms with Crippen molar-refractivity contribution in [3.8, 4) is 23.1 Å². The second-order valence-electron chi connectivity index (χ2n) is 9.82. The van der Waals surface area contributed by atoms with Crippen molar-refractivity contribution in [2.75, 3.05) is 17.7 Å². The highest BCUT2D eigenvalue weighted by Crippen LogP contribution is 2.43. The summed E-state index contributed by atoms with van der Waals surface area (Å²) in [4.78, 5) is 19.6. The normalized spacial score (nSPS) is 13.6. The van der Waals surface area contributed by atoms with Crippen LogP contribution in [0.4, 0.5) is 10.5 Å². The van der Waals surface area contributed by atoms with Gasteiger partial charge in [-0.2, -0.15) is 5.26 Å². The third-order valence-electron chi connectivity index (χ3n) is 6.72. The Hall–Kier alpha value is -4.43. The van der Waals surface area contributed by atoms with Crippen molar-refractivity contribution in [3.63, 3.8) is 0 Å². The Bertz CT molecular complexity index is 1670.